The van der Waals surface area contributed by atoms with Gasteiger partial charge < -0.3 is 19.5 Å². The number of methoxy groups -OCH3 is 3. The molecule has 0 saturated carbocycles. The van der Waals surface area contributed by atoms with Gasteiger partial charge in [-0.05, 0) is 28.1 Å². The Bertz CT molecular complexity index is 687. The third-order valence-corrected chi connectivity index (χ3v) is 3.59. The summed E-state index contributed by atoms with van der Waals surface area (Å²) in [5, 5.41) is 6.96. The quantitative estimate of drug-likeness (QED) is 0.792. The van der Waals surface area contributed by atoms with Crippen molar-refractivity contribution >= 4 is 21.8 Å². The summed E-state index contributed by atoms with van der Waals surface area (Å²) in [5.41, 5.74) is 0.381. The summed E-state index contributed by atoms with van der Waals surface area (Å²) in [6, 6.07) is 3.31. The lowest BCUT2D eigenvalue weighted by Crippen LogP contribution is -2.27. The van der Waals surface area contributed by atoms with Crippen LogP contribution in [0.15, 0.2) is 29.0 Å². The van der Waals surface area contributed by atoms with Crippen molar-refractivity contribution in [3.8, 4) is 17.2 Å². The van der Waals surface area contributed by atoms with E-state index >= 15 is 0 Å². The van der Waals surface area contributed by atoms with E-state index in [2.05, 4.69) is 26.3 Å². The molecule has 1 aromatic heterocycles. The van der Waals surface area contributed by atoms with Crippen molar-refractivity contribution in [3.63, 3.8) is 0 Å². The fourth-order valence-electron chi connectivity index (χ4n) is 2.12. The van der Waals surface area contributed by atoms with Crippen molar-refractivity contribution in [3.05, 3.63) is 34.6 Å². The first-order valence-electron chi connectivity index (χ1n) is 6.85. The minimum atomic E-state index is -0.256. The predicted molar refractivity (Wildman–Crippen MR) is 88.4 cm³/mol. The first-order valence-corrected chi connectivity index (χ1v) is 7.65. The number of aromatic nitrogens is 2. The molecule has 0 unspecified atom stereocenters. The molecular formula is C15H18BrN3O4. The third-order valence-electron chi connectivity index (χ3n) is 3.18. The zero-order chi connectivity index (χ0) is 16.8. The number of halogens is 1. The largest absolute Gasteiger partial charge is 0.493 e. The average Bonchev–Trinajstić information content (AvgIpc) is 2.98. The molecule has 0 radical (unpaired) electrons. The molecule has 23 heavy (non-hydrogen) atoms. The van der Waals surface area contributed by atoms with Crippen LogP contribution in [0.5, 0.6) is 17.2 Å². The van der Waals surface area contributed by atoms with E-state index in [1.165, 1.54) is 21.3 Å². The van der Waals surface area contributed by atoms with Crippen LogP contribution in [-0.4, -0.2) is 43.6 Å². The molecule has 2 aromatic rings. The fraction of sp³-hybridized carbons (Fsp3) is 0.333. The summed E-state index contributed by atoms with van der Waals surface area (Å²) < 4.78 is 18.4. The molecule has 1 amide bonds. The fourth-order valence-corrected chi connectivity index (χ4v) is 2.45. The van der Waals surface area contributed by atoms with Crippen LogP contribution in [0.3, 0.4) is 0 Å². The van der Waals surface area contributed by atoms with Gasteiger partial charge in [0.1, 0.15) is 0 Å². The van der Waals surface area contributed by atoms with Gasteiger partial charge in [-0.25, -0.2) is 0 Å². The number of rotatable bonds is 7. The van der Waals surface area contributed by atoms with Gasteiger partial charge in [-0.1, -0.05) is 0 Å². The van der Waals surface area contributed by atoms with E-state index in [4.69, 9.17) is 14.2 Å². The number of benzene rings is 1. The van der Waals surface area contributed by atoms with Gasteiger partial charge in [-0.2, -0.15) is 5.10 Å². The molecule has 1 aromatic carbocycles. The van der Waals surface area contributed by atoms with Crippen LogP contribution in [0, 0.1) is 0 Å². The molecular weight excluding hydrogens is 366 g/mol. The molecule has 0 aliphatic carbocycles. The highest BCUT2D eigenvalue weighted by Crippen LogP contribution is 2.39. The molecule has 7 nitrogen and oxygen atoms in total. The second-order valence-electron chi connectivity index (χ2n) is 4.56. The lowest BCUT2D eigenvalue weighted by Gasteiger charge is -2.15. The van der Waals surface area contributed by atoms with Crippen LogP contribution in [0.2, 0.25) is 0 Å². The van der Waals surface area contributed by atoms with E-state index in [1.807, 2.05) is 6.20 Å². The Hall–Kier alpha value is -2.22. The van der Waals surface area contributed by atoms with Crippen molar-refractivity contribution in [1.29, 1.82) is 0 Å². The van der Waals surface area contributed by atoms with E-state index in [0.717, 1.165) is 4.47 Å². The summed E-state index contributed by atoms with van der Waals surface area (Å²) in [4.78, 5) is 12.4. The topological polar surface area (TPSA) is 74.6 Å². The minimum absolute atomic E-state index is 0.256. The number of amides is 1. The number of nitrogens with one attached hydrogen (secondary N) is 1. The molecule has 0 bridgehead atoms. The lowest BCUT2D eigenvalue weighted by molar-refractivity contribution is 0.0948. The van der Waals surface area contributed by atoms with Gasteiger partial charge in [0, 0.05) is 12.7 Å². The number of hydrogen-bond donors (Lipinski definition) is 1. The summed E-state index contributed by atoms with van der Waals surface area (Å²) in [6.45, 7) is 0.997. The van der Waals surface area contributed by atoms with Crippen LogP contribution >= 0.6 is 15.9 Å². The lowest BCUT2D eigenvalue weighted by atomic mass is 10.1. The molecule has 0 saturated heterocycles. The second kappa shape index (κ2) is 7.87. The number of carbonyl (C=O) groups is 1. The monoisotopic (exact) mass is 383 g/mol. The standard InChI is InChI=1S/C15H18BrN3O4/c1-21-12-5-4-11(13(22-2)14(12)23-3)15(20)17-6-7-19-9-10(16)8-18-19/h4-5,8-9H,6-7H2,1-3H3,(H,17,20). The maximum absolute atomic E-state index is 12.4. The van der Waals surface area contributed by atoms with E-state index in [0.29, 0.717) is 35.9 Å². The van der Waals surface area contributed by atoms with E-state index in [-0.39, 0.29) is 5.91 Å². The van der Waals surface area contributed by atoms with Crippen molar-refractivity contribution < 1.29 is 19.0 Å². The third kappa shape index (κ3) is 3.95. The van der Waals surface area contributed by atoms with Crippen molar-refractivity contribution in [2.45, 2.75) is 6.54 Å². The van der Waals surface area contributed by atoms with Gasteiger partial charge in [-0.15, -0.1) is 0 Å². The van der Waals surface area contributed by atoms with Crippen LogP contribution in [0.25, 0.3) is 0 Å². The number of carbonyl (C=O) groups excluding carboxylic acids is 1. The SMILES string of the molecule is COc1ccc(C(=O)NCCn2cc(Br)cn2)c(OC)c1OC. The smallest absolute Gasteiger partial charge is 0.255 e. The van der Waals surface area contributed by atoms with Crippen LogP contribution in [0.4, 0.5) is 0 Å². The van der Waals surface area contributed by atoms with E-state index < -0.39 is 0 Å². The first kappa shape index (κ1) is 17.1. The van der Waals surface area contributed by atoms with Crippen LogP contribution in [-0.2, 0) is 6.54 Å². The Morgan fingerprint density at radius 2 is 1.96 bits per heavy atom. The maximum Gasteiger partial charge on any atom is 0.255 e. The summed E-state index contributed by atoms with van der Waals surface area (Å²) in [6.07, 6.45) is 3.53. The normalized spacial score (nSPS) is 10.3. The van der Waals surface area contributed by atoms with Crippen LogP contribution < -0.4 is 19.5 Å². The van der Waals surface area contributed by atoms with Gasteiger partial charge in [-0.3, -0.25) is 9.48 Å². The Morgan fingerprint density at radius 1 is 1.22 bits per heavy atom. The van der Waals surface area contributed by atoms with Crippen molar-refractivity contribution in [1.82, 2.24) is 15.1 Å². The maximum atomic E-state index is 12.4. The van der Waals surface area contributed by atoms with E-state index in [9.17, 15) is 4.79 Å². The Kier molecular flexibility index (Phi) is 5.86. The molecule has 0 aliphatic rings. The molecule has 124 valence electrons. The van der Waals surface area contributed by atoms with Crippen LogP contribution in [0.1, 0.15) is 10.4 Å². The molecule has 1 heterocycles. The molecule has 1 N–H and O–H groups in total. The molecule has 2 rings (SSSR count). The zero-order valence-corrected chi connectivity index (χ0v) is 14.7. The minimum Gasteiger partial charge on any atom is -0.493 e. The molecule has 8 heteroatoms. The zero-order valence-electron chi connectivity index (χ0n) is 13.1. The highest BCUT2D eigenvalue weighted by Gasteiger charge is 2.20. The van der Waals surface area contributed by atoms with Crippen molar-refractivity contribution in [2.75, 3.05) is 27.9 Å². The van der Waals surface area contributed by atoms with Gasteiger partial charge in [0.2, 0.25) is 5.75 Å². The average molecular weight is 384 g/mol. The Balaban J connectivity index is 2.09. The number of hydrogen-bond acceptors (Lipinski definition) is 5. The summed E-state index contributed by atoms with van der Waals surface area (Å²) in [7, 11) is 4.51. The Labute approximate surface area is 142 Å². The van der Waals surface area contributed by atoms with Gasteiger partial charge >= 0.3 is 0 Å². The highest BCUT2D eigenvalue weighted by molar-refractivity contribution is 9.10. The highest BCUT2D eigenvalue weighted by atomic mass is 79.9. The molecule has 0 aliphatic heterocycles. The number of ether oxygens (including phenoxy) is 3. The Morgan fingerprint density at radius 3 is 2.52 bits per heavy atom. The molecule has 0 atom stereocenters. The number of nitrogens with zero attached hydrogens (tertiary/aromatic N) is 2. The van der Waals surface area contributed by atoms with E-state index in [1.54, 1.807) is 23.0 Å². The first-order chi connectivity index (χ1) is 11.1. The van der Waals surface area contributed by atoms with Gasteiger partial charge in [0.15, 0.2) is 11.5 Å². The van der Waals surface area contributed by atoms with Gasteiger partial charge in [0.25, 0.3) is 5.91 Å². The molecule has 0 fully saturated rings. The predicted octanol–water partition coefficient (Wildman–Crippen LogP) is 2.10. The summed E-state index contributed by atoms with van der Waals surface area (Å²) >= 11 is 3.33. The molecule has 0 spiro atoms. The summed E-state index contributed by atoms with van der Waals surface area (Å²) in [5.74, 6) is 0.973. The van der Waals surface area contributed by atoms with Crippen molar-refractivity contribution in [2.24, 2.45) is 0 Å². The van der Waals surface area contributed by atoms with Gasteiger partial charge in [0.05, 0.1) is 44.1 Å². The second-order valence-corrected chi connectivity index (χ2v) is 5.48.